The summed E-state index contributed by atoms with van der Waals surface area (Å²) in [5, 5.41) is 5.45. The molecule has 1 aliphatic rings. The van der Waals surface area contributed by atoms with E-state index in [1.165, 1.54) is 18.2 Å². The number of halogens is 2. The fourth-order valence-corrected chi connectivity index (χ4v) is 3.14. The normalized spacial score (nSPS) is 12.6. The zero-order valence-electron chi connectivity index (χ0n) is 15.0. The molecule has 1 aliphatic heterocycles. The molecular weight excluding hydrogens is 417 g/mol. The van der Waals surface area contributed by atoms with E-state index in [0.29, 0.717) is 0 Å². The zero-order chi connectivity index (χ0) is 21.1. The summed E-state index contributed by atoms with van der Waals surface area (Å²) >= 11 is 11.8. The standard InChI is InChI=1S/C20H15Cl2N3O4/c1-2-7-23-18(27)11-5-3-4-6-16(11)24-17(26)10-25-19(28)12-8-14(21)15(22)9-13(12)20(25)29/h2-6,8-9H,1,7,10H2,(H,23,27)(H,24,26). The van der Waals surface area contributed by atoms with Crippen LogP contribution < -0.4 is 10.6 Å². The monoisotopic (exact) mass is 431 g/mol. The van der Waals surface area contributed by atoms with Gasteiger partial charge in [-0.25, -0.2) is 0 Å². The van der Waals surface area contributed by atoms with Crippen molar-refractivity contribution in [2.75, 3.05) is 18.4 Å². The van der Waals surface area contributed by atoms with Crippen molar-refractivity contribution < 1.29 is 19.2 Å². The first kappa shape index (κ1) is 20.6. The Hall–Kier alpha value is -3.16. The van der Waals surface area contributed by atoms with Gasteiger partial charge in [0.1, 0.15) is 6.54 Å². The van der Waals surface area contributed by atoms with Gasteiger partial charge in [0.05, 0.1) is 32.4 Å². The van der Waals surface area contributed by atoms with Crippen molar-refractivity contribution in [1.29, 1.82) is 0 Å². The maximum atomic E-state index is 12.5. The number of hydrogen-bond acceptors (Lipinski definition) is 4. The van der Waals surface area contributed by atoms with Crippen molar-refractivity contribution in [2.24, 2.45) is 0 Å². The first-order valence-corrected chi connectivity index (χ1v) is 9.22. The fraction of sp³-hybridized carbons (Fsp3) is 0.100. The lowest BCUT2D eigenvalue weighted by Gasteiger charge is -2.15. The zero-order valence-corrected chi connectivity index (χ0v) is 16.5. The number of anilines is 1. The van der Waals surface area contributed by atoms with E-state index in [1.807, 2.05) is 0 Å². The summed E-state index contributed by atoms with van der Waals surface area (Å²) in [5.74, 6) is -2.32. The summed E-state index contributed by atoms with van der Waals surface area (Å²) in [6.07, 6.45) is 1.53. The highest BCUT2D eigenvalue weighted by Gasteiger charge is 2.37. The summed E-state index contributed by atoms with van der Waals surface area (Å²) in [6.45, 7) is 3.27. The SMILES string of the molecule is C=CCNC(=O)c1ccccc1NC(=O)CN1C(=O)c2cc(Cl)c(Cl)cc2C1=O. The molecule has 0 fully saturated rings. The smallest absolute Gasteiger partial charge is 0.262 e. The minimum Gasteiger partial charge on any atom is -0.349 e. The highest BCUT2D eigenvalue weighted by Crippen LogP contribution is 2.31. The minimum absolute atomic E-state index is 0.0846. The third-order valence-corrected chi connectivity index (χ3v) is 4.89. The molecule has 2 N–H and O–H groups in total. The first-order valence-electron chi connectivity index (χ1n) is 8.46. The van der Waals surface area contributed by atoms with Crippen LogP contribution in [-0.4, -0.2) is 41.6 Å². The maximum Gasteiger partial charge on any atom is 0.262 e. The van der Waals surface area contributed by atoms with Crippen molar-refractivity contribution in [1.82, 2.24) is 10.2 Å². The van der Waals surface area contributed by atoms with Crippen LogP contribution in [0.2, 0.25) is 10.0 Å². The molecular formula is C20H15Cl2N3O4. The molecule has 0 saturated heterocycles. The topological polar surface area (TPSA) is 95.6 Å². The van der Waals surface area contributed by atoms with Gasteiger partial charge in [0.2, 0.25) is 5.91 Å². The van der Waals surface area contributed by atoms with E-state index in [0.717, 1.165) is 4.90 Å². The number of amides is 4. The molecule has 0 aromatic heterocycles. The van der Waals surface area contributed by atoms with Crippen LogP contribution in [0.3, 0.4) is 0 Å². The van der Waals surface area contributed by atoms with E-state index >= 15 is 0 Å². The highest BCUT2D eigenvalue weighted by molar-refractivity contribution is 6.43. The summed E-state index contributed by atoms with van der Waals surface area (Å²) < 4.78 is 0. The molecule has 0 atom stereocenters. The molecule has 9 heteroatoms. The Bertz CT molecular complexity index is 1010. The number of carbonyl (C=O) groups excluding carboxylic acids is 4. The Balaban J connectivity index is 1.76. The molecule has 4 amide bonds. The molecule has 3 rings (SSSR count). The Morgan fingerprint density at radius 1 is 1.03 bits per heavy atom. The first-order chi connectivity index (χ1) is 13.8. The molecule has 7 nitrogen and oxygen atoms in total. The van der Waals surface area contributed by atoms with Crippen LogP contribution >= 0.6 is 23.2 Å². The van der Waals surface area contributed by atoms with Gasteiger partial charge < -0.3 is 10.6 Å². The fourth-order valence-electron chi connectivity index (χ4n) is 2.81. The lowest BCUT2D eigenvalue weighted by Crippen LogP contribution is -2.37. The van der Waals surface area contributed by atoms with Crippen molar-refractivity contribution >= 4 is 52.5 Å². The van der Waals surface area contributed by atoms with Crippen molar-refractivity contribution in [3.63, 3.8) is 0 Å². The number of para-hydroxylation sites is 1. The van der Waals surface area contributed by atoms with E-state index in [4.69, 9.17) is 23.2 Å². The number of rotatable bonds is 6. The number of benzene rings is 2. The van der Waals surface area contributed by atoms with E-state index < -0.39 is 30.2 Å². The number of hydrogen-bond donors (Lipinski definition) is 2. The predicted octanol–water partition coefficient (Wildman–Crippen LogP) is 3.14. The Morgan fingerprint density at radius 3 is 2.21 bits per heavy atom. The van der Waals surface area contributed by atoms with E-state index in [1.54, 1.807) is 24.3 Å². The van der Waals surface area contributed by atoms with Gasteiger partial charge in [0, 0.05) is 6.54 Å². The molecule has 1 heterocycles. The maximum absolute atomic E-state index is 12.5. The lowest BCUT2D eigenvalue weighted by atomic mass is 10.1. The molecule has 29 heavy (non-hydrogen) atoms. The Morgan fingerprint density at radius 2 is 1.62 bits per heavy atom. The van der Waals surface area contributed by atoms with E-state index in [9.17, 15) is 19.2 Å². The molecule has 148 valence electrons. The summed E-state index contributed by atoms with van der Waals surface area (Å²) in [5.41, 5.74) is 0.660. The molecule has 0 saturated carbocycles. The third kappa shape index (κ3) is 4.16. The van der Waals surface area contributed by atoms with Crippen molar-refractivity contribution in [2.45, 2.75) is 0 Å². The average molecular weight is 432 g/mol. The summed E-state index contributed by atoms with van der Waals surface area (Å²) in [4.78, 5) is 50.5. The van der Waals surface area contributed by atoms with Crippen LogP contribution in [0, 0.1) is 0 Å². The van der Waals surface area contributed by atoms with Gasteiger partial charge in [0.15, 0.2) is 0 Å². The highest BCUT2D eigenvalue weighted by atomic mass is 35.5. The van der Waals surface area contributed by atoms with Gasteiger partial charge in [-0.3, -0.25) is 24.1 Å². The van der Waals surface area contributed by atoms with Crippen LogP contribution in [0.4, 0.5) is 5.69 Å². The Kier molecular flexibility index (Phi) is 6.00. The molecule has 2 aromatic carbocycles. The average Bonchev–Trinajstić information content (AvgIpc) is 2.91. The summed E-state index contributed by atoms with van der Waals surface area (Å²) in [6, 6.07) is 8.98. The van der Waals surface area contributed by atoms with Crippen molar-refractivity contribution in [3.8, 4) is 0 Å². The quantitative estimate of drug-likeness (QED) is 0.542. The molecule has 0 bridgehead atoms. The number of nitrogens with one attached hydrogen (secondary N) is 2. The molecule has 0 spiro atoms. The second-order valence-corrected chi connectivity index (χ2v) is 6.92. The number of imide groups is 1. The van der Waals surface area contributed by atoms with Gasteiger partial charge in [-0.05, 0) is 24.3 Å². The number of carbonyl (C=O) groups is 4. The summed E-state index contributed by atoms with van der Waals surface area (Å²) in [7, 11) is 0. The van der Waals surface area contributed by atoms with Crippen LogP contribution in [-0.2, 0) is 4.79 Å². The molecule has 0 aliphatic carbocycles. The molecule has 0 unspecified atom stereocenters. The third-order valence-electron chi connectivity index (χ3n) is 4.17. The van der Waals surface area contributed by atoms with Crippen LogP contribution in [0.5, 0.6) is 0 Å². The van der Waals surface area contributed by atoms with Crippen LogP contribution in [0.25, 0.3) is 0 Å². The second-order valence-electron chi connectivity index (χ2n) is 6.10. The largest absolute Gasteiger partial charge is 0.349 e. The van der Waals surface area contributed by atoms with E-state index in [-0.39, 0.29) is 39.0 Å². The van der Waals surface area contributed by atoms with Gasteiger partial charge in [0.25, 0.3) is 17.7 Å². The van der Waals surface area contributed by atoms with Gasteiger partial charge >= 0.3 is 0 Å². The second kappa shape index (κ2) is 8.46. The molecule has 0 radical (unpaired) electrons. The van der Waals surface area contributed by atoms with Crippen LogP contribution in [0.15, 0.2) is 49.1 Å². The van der Waals surface area contributed by atoms with E-state index in [2.05, 4.69) is 17.2 Å². The van der Waals surface area contributed by atoms with Gasteiger partial charge in [-0.2, -0.15) is 0 Å². The minimum atomic E-state index is -0.643. The number of fused-ring (bicyclic) bond motifs is 1. The van der Waals surface area contributed by atoms with Crippen molar-refractivity contribution in [3.05, 3.63) is 75.8 Å². The number of nitrogens with zero attached hydrogens (tertiary/aromatic N) is 1. The van der Waals surface area contributed by atoms with Gasteiger partial charge in [-0.15, -0.1) is 6.58 Å². The lowest BCUT2D eigenvalue weighted by molar-refractivity contribution is -0.116. The van der Waals surface area contributed by atoms with Gasteiger partial charge in [-0.1, -0.05) is 41.4 Å². The Labute approximate surface area is 176 Å². The van der Waals surface area contributed by atoms with Crippen LogP contribution in [0.1, 0.15) is 31.1 Å². The predicted molar refractivity (Wildman–Crippen MR) is 109 cm³/mol. The molecule has 2 aromatic rings.